The number of carbonyl (C=O) groups excluding carboxylic acids is 1. The second-order valence-corrected chi connectivity index (χ2v) is 0.830. The summed E-state index contributed by atoms with van der Waals surface area (Å²) >= 11 is 0. The van der Waals surface area contributed by atoms with Gasteiger partial charge in [-0.3, -0.25) is 4.79 Å². The van der Waals surface area contributed by atoms with Gasteiger partial charge in [0.05, 0.1) is 6.07 Å². The van der Waals surface area contributed by atoms with Crippen molar-refractivity contribution in [3.05, 3.63) is 12.7 Å². The van der Waals surface area contributed by atoms with E-state index in [2.05, 4.69) is 12.3 Å². The second kappa shape index (κ2) is 9.20. The van der Waals surface area contributed by atoms with Crippen molar-refractivity contribution in [1.82, 2.24) is 0 Å². The maximum Gasteiger partial charge on any atom is 0.240 e. The first-order valence-electron chi connectivity index (χ1n) is 1.91. The summed E-state index contributed by atoms with van der Waals surface area (Å²) in [5.41, 5.74) is 4.53. The minimum absolute atomic E-state index is 0.481. The topological polar surface area (TPSA) is 66.9 Å². The van der Waals surface area contributed by atoms with Gasteiger partial charge in [0.15, 0.2) is 0 Å². The molecule has 0 aliphatic carbocycles. The first kappa shape index (κ1) is 9.85. The molecule has 0 aromatic rings. The smallest absolute Gasteiger partial charge is 0.240 e. The molecule has 0 aromatic heterocycles. The van der Waals surface area contributed by atoms with E-state index in [0.717, 1.165) is 6.08 Å². The molecule has 0 spiro atoms. The summed E-state index contributed by atoms with van der Waals surface area (Å²) in [5.74, 6) is -0.481. The molecule has 1 amide bonds. The minimum atomic E-state index is -0.481. The molecule has 0 rings (SSSR count). The summed E-state index contributed by atoms with van der Waals surface area (Å²) in [6.45, 7) is 4.52. The maximum atomic E-state index is 9.47. The highest BCUT2D eigenvalue weighted by Crippen LogP contribution is 1.48. The summed E-state index contributed by atoms with van der Waals surface area (Å²) < 4.78 is 0. The molecule has 0 fully saturated rings. The Bertz CT molecular complexity index is 112. The average Bonchev–Trinajstić information content (AvgIpc) is 1.69. The lowest BCUT2D eigenvalue weighted by Crippen LogP contribution is -2.04. The van der Waals surface area contributed by atoms with Crippen LogP contribution in [0.15, 0.2) is 12.7 Å². The number of primary amides is 1. The number of nitriles is 1. The molecule has 0 saturated carbocycles. The fourth-order valence-electron chi connectivity index (χ4n) is 0. The summed E-state index contributed by atoms with van der Waals surface area (Å²) in [5, 5.41) is 7.32. The van der Waals surface area contributed by atoms with E-state index in [4.69, 9.17) is 5.26 Å². The van der Waals surface area contributed by atoms with Gasteiger partial charge in [-0.05, 0) is 6.08 Å². The van der Waals surface area contributed by atoms with Gasteiger partial charge in [-0.25, -0.2) is 0 Å². The SMILES string of the molecule is C=CC(N)=O.CC#N. The van der Waals surface area contributed by atoms with Crippen LogP contribution in [-0.2, 0) is 4.79 Å². The second-order valence-electron chi connectivity index (χ2n) is 0.830. The lowest BCUT2D eigenvalue weighted by molar-refractivity contribution is -0.113. The van der Waals surface area contributed by atoms with Crippen molar-refractivity contribution >= 4 is 5.91 Å². The van der Waals surface area contributed by atoms with Crippen molar-refractivity contribution in [2.24, 2.45) is 5.73 Å². The first-order chi connectivity index (χ1) is 3.68. The van der Waals surface area contributed by atoms with Crippen molar-refractivity contribution in [3.63, 3.8) is 0 Å². The van der Waals surface area contributed by atoms with E-state index in [1.807, 2.05) is 0 Å². The van der Waals surface area contributed by atoms with Crippen molar-refractivity contribution in [1.29, 1.82) is 5.26 Å². The van der Waals surface area contributed by atoms with E-state index in [1.54, 1.807) is 6.07 Å². The zero-order chi connectivity index (χ0) is 6.99. The van der Waals surface area contributed by atoms with Crippen LogP contribution in [0, 0.1) is 11.3 Å². The normalized spacial score (nSPS) is 5.00. The Kier molecular flexibility index (Phi) is 11.3. The average molecular weight is 112 g/mol. The van der Waals surface area contributed by atoms with E-state index in [0.29, 0.717) is 0 Å². The van der Waals surface area contributed by atoms with Gasteiger partial charge in [-0.2, -0.15) is 5.26 Å². The molecule has 2 N–H and O–H groups in total. The van der Waals surface area contributed by atoms with Gasteiger partial charge in [0, 0.05) is 6.92 Å². The van der Waals surface area contributed by atoms with Crippen LogP contribution in [-0.4, -0.2) is 5.91 Å². The van der Waals surface area contributed by atoms with Crippen LogP contribution in [0.2, 0.25) is 0 Å². The van der Waals surface area contributed by atoms with Crippen LogP contribution in [0.1, 0.15) is 6.92 Å². The molecule has 3 heteroatoms. The summed E-state index contributed by atoms with van der Waals surface area (Å²) in [6.07, 6.45) is 1.06. The van der Waals surface area contributed by atoms with Gasteiger partial charge in [0.2, 0.25) is 5.91 Å². The van der Waals surface area contributed by atoms with E-state index < -0.39 is 5.91 Å². The number of nitrogens with zero attached hydrogens (tertiary/aromatic N) is 1. The van der Waals surface area contributed by atoms with Crippen LogP contribution < -0.4 is 5.73 Å². The molecule has 0 unspecified atom stereocenters. The van der Waals surface area contributed by atoms with Gasteiger partial charge >= 0.3 is 0 Å². The number of carbonyl (C=O) groups is 1. The summed E-state index contributed by atoms with van der Waals surface area (Å²) in [4.78, 5) is 9.47. The Balaban J connectivity index is 0. The third-order valence-corrected chi connectivity index (χ3v) is 0.201. The standard InChI is InChI=1S/C3H5NO.C2H3N/c1-2-3(4)5;1-2-3/h2H,1H2,(H2,4,5);1H3. The van der Waals surface area contributed by atoms with Crippen LogP contribution >= 0.6 is 0 Å². The van der Waals surface area contributed by atoms with E-state index in [9.17, 15) is 4.79 Å². The third kappa shape index (κ3) is 131. The molecule has 0 aliphatic heterocycles. The Hall–Kier alpha value is -1.30. The third-order valence-electron chi connectivity index (χ3n) is 0.201. The molecule has 0 aliphatic rings. The highest BCUT2D eigenvalue weighted by molar-refractivity contribution is 5.84. The molecule has 0 atom stereocenters. The maximum absolute atomic E-state index is 9.47. The van der Waals surface area contributed by atoms with E-state index >= 15 is 0 Å². The summed E-state index contributed by atoms with van der Waals surface area (Å²) in [6, 6.07) is 1.75. The van der Waals surface area contributed by atoms with Gasteiger partial charge in [-0.1, -0.05) is 6.58 Å². The van der Waals surface area contributed by atoms with Gasteiger partial charge in [0.25, 0.3) is 0 Å². The monoisotopic (exact) mass is 112 g/mol. The predicted molar refractivity (Wildman–Crippen MR) is 30.7 cm³/mol. The molecule has 0 heterocycles. The van der Waals surface area contributed by atoms with Crippen LogP contribution in [0.5, 0.6) is 0 Å². The minimum Gasteiger partial charge on any atom is -0.366 e. The van der Waals surface area contributed by atoms with Crippen LogP contribution in [0.4, 0.5) is 0 Å². The fraction of sp³-hybridized carbons (Fsp3) is 0.200. The number of amides is 1. The molecular weight excluding hydrogens is 104 g/mol. The van der Waals surface area contributed by atoms with Crippen LogP contribution in [0.25, 0.3) is 0 Å². The Morgan fingerprint density at radius 2 is 2.12 bits per heavy atom. The van der Waals surface area contributed by atoms with Crippen molar-refractivity contribution in [2.75, 3.05) is 0 Å². The molecule has 3 nitrogen and oxygen atoms in total. The summed E-state index contributed by atoms with van der Waals surface area (Å²) in [7, 11) is 0. The fourth-order valence-corrected chi connectivity index (χ4v) is 0. The number of hydrogen-bond donors (Lipinski definition) is 1. The molecular formula is C5H8N2O. The van der Waals surface area contributed by atoms with E-state index in [1.165, 1.54) is 6.92 Å². The van der Waals surface area contributed by atoms with Crippen molar-refractivity contribution < 1.29 is 4.79 Å². The van der Waals surface area contributed by atoms with Gasteiger partial charge < -0.3 is 5.73 Å². The van der Waals surface area contributed by atoms with E-state index in [-0.39, 0.29) is 0 Å². The highest BCUT2D eigenvalue weighted by Gasteiger charge is 1.69. The number of rotatable bonds is 1. The van der Waals surface area contributed by atoms with Gasteiger partial charge in [0.1, 0.15) is 0 Å². The molecule has 0 saturated heterocycles. The molecule has 0 aromatic carbocycles. The predicted octanol–water partition coefficient (Wildman–Crippen LogP) is 0.188. The van der Waals surface area contributed by atoms with Crippen molar-refractivity contribution in [2.45, 2.75) is 6.92 Å². The Morgan fingerprint density at radius 1 is 2.00 bits per heavy atom. The molecule has 44 valence electrons. The number of nitrogens with two attached hydrogens (primary N) is 1. The lowest BCUT2D eigenvalue weighted by Gasteiger charge is -1.65. The van der Waals surface area contributed by atoms with Crippen molar-refractivity contribution in [3.8, 4) is 6.07 Å². The highest BCUT2D eigenvalue weighted by atomic mass is 16.1. The Morgan fingerprint density at radius 3 is 2.12 bits per heavy atom. The van der Waals surface area contributed by atoms with Crippen LogP contribution in [0.3, 0.4) is 0 Å². The first-order valence-corrected chi connectivity index (χ1v) is 1.91. The Labute approximate surface area is 48.4 Å². The van der Waals surface area contributed by atoms with Gasteiger partial charge in [-0.15, -0.1) is 0 Å². The molecule has 0 radical (unpaired) electrons. The molecule has 0 bridgehead atoms. The quantitative estimate of drug-likeness (QED) is 0.492. The largest absolute Gasteiger partial charge is 0.366 e. The molecule has 8 heavy (non-hydrogen) atoms. The zero-order valence-electron chi connectivity index (χ0n) is 4.72. The zero-order valence-corrected chi connectivity index (χ0v) is 4.72. The number of hydrogen-bond acceptors (Lipinski definition) is 2. The lowest BCUT2D eigenvalue weighted by atomic mass is 10.6.